The highest BCUT2D eigenvalue weighted by atomic mass is 16.5. The normalized spacial score (nSPS) is 11.7. The van der Waals surface area contributed by atoms with Crippen molar-refractivity contribution in [3.05, 3.63) is 18.1 Å². The first kappa shape index (κ1) is 13.9. The van der Waals surface area contributed by atoms with Gasteiger partial charge in [-0.15, -0.1) is 0 Å². The molecule has 0 aromatic carbocycles. The van der Waals surface area contributed by atoms with Crippen molar-refractivity contribution in [3.8, 4) is 0 Å². The fourth-order valence-corrected chi connectivity index (χ4v) is 1.30. The number of nitrogens with zero attached hydrogens (tertiary/aromatic N) is 2. The standard InChI is InChI=1S/C11H15N3O4/c1-7(5-9(15)16)6-13-8-3-4-12-10(14-8)11(17)18-2/h3-4,7H,5-6H2,1-2H3,(H,15,16)(H,12,13,14). The van der Waals surface area contributed by atoms with Gasteiger partial charge in [-0.2, -0.15) is 0 Å². The van der Waals surface area contributed by atoms with Gasteiger partial charge in [-0.3, -0.25) is 4.79 Å². The quantitative estimate of drug-likeness (QED) is 0.722. The maximum atomic E-state index is 11.2. The third kappa shape index (κ3) is 4.36. The van der Waals surface area contributed by atoms with E-state index in [2.05, 4.69) is 20.0 Å². The minimum absolute atomic E-state index is 0.0339. The van der Waals surface area contributed by atoms with Crippen LogP contribution < -0.4 is 5.32 Å². The van der Waals surface area contributed by atoms with Crippen molar-refractivity contribution in [2.75, 3.05) is 19.0 Å². The van der Waals surface area contributed by atoms with E-state index in [1.807, 2.05) is 6.92 Å². The van der Waals surface area contributed by atoms with Crippen molar-refractivity contribution in [2.24, 2.45) is 5.92 Å². The minimum atomic E-state index is -0.845. The van der Waals surface area contributed by atoms with Crippen LogP contribution >= 0.6 is 0 Å². The molecule has 1 heterocycles. The number of nitrogens with one attached hydrogen (secondary N) is 1. The summed E-state index contributed by atoms with van der Waals surface area (Å²) >= 11 is 0. The predicted molar refractivity (Wildman–Crippen MR) is 63.3 cm³/mol. The highest BCUT2D eigenvalue weighted by Gasteiger charge is 2.11. The summed E-state index contributed by atoms with van der Waals surface area (Å²) in [6, 6.07) is 1.60. The molecule has 0 radical (unpaired) electrons. The Labute approximate surface area is 104 Å². The minimum Gasteiger partial charge on any atom is -0.481 e. The number of rotatable bonds is 6. The van der Waals surface area contributed by atoms with Crippen molar-refractivity contribution in [1.29, 1.82) is 0 Å². The van der Waals surface area contributed by atoms with Crippen LogP contribution in [0.2, 0.25) is 0 Å². The van der Waals surface area contributed by atoms with Gasteiger partial charge in [0.1, 0.15) is 5.82 Å². The number of hydrogen-bond acceptors (Lipinski definition) is 6. The first-order valence-electron chi connectivity index (χ1n) is 5.40. The van der Waals surface area contributed by atoms with Crippen LogP contribution in [-0.4, -0.2) is 40.7 Å². The number of ether oxygens (including phenoxy) is 1. The monoisotopic (exact) mass is 253 g/mol. The van der Waals surface area contributed by atoms with Crippen LogP contribution in [0.5, 0.6) is 0 Å². The predicted octanol–water partition coefficient (Wildman–Crippen LogP) is 0.786. The van der Waals surface area contributed by atoms with Crippen molar-refractivity contribution < 1.29 is 19.4 Å². The van der Waals surface area contributed by atoms with Crippen LogP contribution in [0.1, 0.15) is 24.0 Å². The number of carboxylic acid groups (broad SMARTS) is 1. The summed E-state index contributed by atoms with van der Waals surface area (Å²) in [5.41, 5.74) is 0. The molecule has 1 aromatic heterocycles. The molecular formula is C11H15N3O4. The molecule has 2 N–H and O–H groups in total. The lowest BCUT2D eigenvalue weighted by Crippen LogP contribution is -2.16. The number of esters is 1. The van der Waals surface area contributed by atoms with Crippen LogP contribution in [-0.2, 0) is 9.53 Å². The van der Waals surface area contributed by atoms with Crippen molar-refractivity contribution in [2.45, 2.75) is 13.3 Å². The van der Waals surface area contributed by atoms with Gasteiger partial charge >= 0.3 is 11.9 Å². The molecule has 98 valence electrons. The Bertz CT molecular complexity index is 436. The SMILES string of the molecule is COC(=O)c1nccc(NCC(C)CC(=O)O)n1. The van der Waals surface area contributed by atoms with E-state index in [4.69, 9.17) is 5.11 Å². The van der Waals surface area contributed by atoms with E-state index in [0.29, 0.717) is 12.4 Å². The molecule has 0 spiro atoms. The maximum absolute atomic E-state index is 11.2. The second-order valence-corrected chi connectivity index (χ2v) is 3.84. The Morgan fingerprint density at radius 2 is 2.28 bits per heavy atom. The van der Waals surface area contributed by atoms with Crippen LogP contribution in [0.15, 0.2) is 12.3 Å². The van der Waals surface area contributed by atoms with Crippen LogP contribution in [0, 0.1) is 5.92 Å². The zero-order valence-corrected chi connectivity index (χ0v) is 10.2. The van der Waals surface area contributed by atoms with Crippen molar-refractivity contribution in [1.82, 2.24) is 9.97 Å². The molecule has 0 amide bonds. The first-order valence-corrected chi connectivity index (χ1v) is 5.40. The van der Waals surface area contributed by atoms with Gasteiger partial charge in [0, 0.05) is 19.2 Å². The van der Waals surface area contributed by atoms with Crippen LogP contribution in [0.4, 0.5) is 5.82 Å². The number of carboxylic acids is 1. The first-order chi connectivity index (χ1) is 8.52. The van der Waals surface area contributed by atoms with Gasteiger partial charge in [0.25, 0.3) is 0 Å². The third-order valence-electron chi connectivity index (χ3n) is 2.18. The van der Waals surface area contributed by atoms with Crippen LogP contribution in [0.25, 0.3) is 0 Å². The van der Waals surface area contributed by atoms with E-state index in [9.17, 15) is 9.59 Å². The molecule has 0 aliphatic heterocycles. The summed E-state index contributed by atoms with van der Waals surface area (Å²) < 4.78 is 4.50. The van der Waals surface area contributed by atoms with Gasteiger partial charge in [0.2, 0.25) is 5.82 Å². The van der Waals surface area contributed by atoms with Gasteiger partial charge in [-0.05, 0) is 12.0 Å². The lowest BCUT2D eigenvalue weighted by Gasteiger charge is -2.10. The summed E-state index contributed by atoms with van der Waals surface area (Å²) in [6.07, 6.45) is 1.51. The number of hydrogen-bond donors (Lipinski definition) is 2. The molecule has 0 fully saturated rings. The molecule has 7 heteroatoms. The molecule has 1 atom stereocenters. The highest BCUT2D eigenvalue weighted by molar-refractivity contribution is 5.85. The van der Waals surface area contributed by atoms with E-state index in [-0.39, 0.29) is 18.2 Å². The van der Waals surface area contributed by atoms with Crippen LogP contribution in [0.3, 0.4) is 0 Å². The summed E-state index contributed by atoms with van der Waals surface area (Å²) in [4.78, 5) is 29.4. The van der Waals surface area contributed by atoms with Crippen molar-refractivity contribution >= 4 is 17.8 Å². The average molecular weight is 253 g/mol. The molecule has 1 aromatic rings. The number of anilines is 1. The second-order valence-electron chi connectivity index (χ2n) is 3.84. The molecule has 1 unspecified atom stereocenters. The van der Waals surface area contributed by atoms with Crippen molar-refractivity contribution in [3.63, 3.8) is 0 Å². The number of carbonyl (C=O) groups is 2. The molecule has 7 nitrogen and oxygen atoms in total. The Balaban J connectivity index is 2.57. The number of carbonyl (C=O) groups excluding carboxylic acids is 1. The van der Waals surface area contributed by atoms with Gasteiger partial charge < -0.3 is 15.2 Å². The molecule has 0 bridgehead atoms. The summed E-state index contributed by atoms with van der Waals surface area (Å²) in [5.74, 6) is -1.07. The summed E-state index contributed by atoms with van der Waals surface area (Å²) in [6.45, 7) is 2.26. The fourth-order valence-electron chi connectivity index (χ4n) is 1.30. The topological polar surface area (TPSA) is 101 Å². The Kier molecular flexibility index (Phi) is 5.04. The lowest BCUT2D eigenvalue weighted by atomic mass is 10.1. The van der Waals surface area contributed by atoms with Gasteiger partial charge in [0.15, 0.2) is 0 Å². The zero-order chi connectivity index (χ0) is 13.5. The largest absolute Gasteiger partial charge is 0.481 e. The average Bonchev–Trinajstić information content (AvgIpc) is 2.35. The third-order valence-corrected chi connectivity index (χ3v) is 2.18. The molecule has 0 aliphatic carbocycles. The molecule has 18 heavy (non-hydrogen) atoms. The highest BCUT2D eigenvalue weighted by Crippen LogP contribution is 2.06. The van der Waals surface area contributed by atoms with Gasteiger partial charge in [0.05, 0.1) is 7.11 Å². The number of aliphatic carboxylic acids is 1. The van der Waals surface area contributed by atoms with E-state index in [1.165, 1.54) is 13.3 Å². The van der Waals surface area contributed by atoms with E-state index in [1.54, 1.807) is 6.07 Å². The van der Waals surface area contributed by atoms with E-state index < -0.39 is 11.9 Å². The smallest absolute Gasteiger partial charge is 0.376 e. The molecule has 0 saturated heterocycles. The number of aromatic nitrogens is 2. The fraction of sp³-hybridized carbons (Fsp3) is 0.455. The second kappa shape index (κ2) is 6.53. The lowest BCUT2D eigenvalue weighted by molar-refractivity contribution is -0.137. The Hall–Kier alpha value is -2.18. The summed E-state index contributed by atoms with van der Waals surface area (Å²) in [7, 11) is 1.25. The summed E-state index contributed by atoms with van der Waals surface area (Å²) in [5, 5.41) is 11.6. The molecule has 0 saturated carbocycles. The van der Waals surface area contributed by atoms with Gasteiger partial charge in [-0.1, -0.05) is 6.92 Å². The Morgan fingerprint density at radius 1 is 1.56 bits per heavy atom. The van der Waals surface area contributed by atoms with E-state index in [0.717, 1.165) is 0 Å². The number of methoxy groups -OCH3 is 1. The molecule has 0 aliphatic rings. The zero-order valence-electron chi connectivity index (χ0n) is 10.2. The Morgan fingerprint density at radius 3 is 2.89 bits per heavy atom. The van der Waals surface area contributed by atoms with Gasteiger partial charge in [-0.25, -0.2) is 14.8 Å². The molecular weight excluding hydrogens is 238 g/mol. The maximum Gasteiger partial charge on any atom is 0.376 e. The van der Waals surface area contributed by atoms with E-state index >= 15 is 0 Å². The molecule has 1 rings (SSSR count).